The van der Waals surface area contributed by atoms with Crippen LogP contribution in [-0.2, 0) is 7.05 Å². The molecule has 6 heteroatoms. The molecule has 0 bridgehead atoms. The molecule has 0 saturated carbocycles. The molecular weight excluding hydrogens is 289 g/mol. The summed E-state index contributed by atoms with van der Waals surface area (Å²) in [5, 5.41) is 7.43. The molecule has 2 aromatic rings. The predicted octanol–water partition coefficient (Wildman–Crippen LogP) is 2.26. The van der Waals surface area contributed by atoms with Gasteiger partial charge >= 0.3 is 0 Å². The van der Waals surface area contributed by atoms with Gasteiger partial charge in [-0.2, -0.15) is 0 Å². The van der Waals surface area contributed by atoms with Gasteiger partial charge in [0.25, 0.3) is 0 Å². The highest BCUT2D eigenvalue weighted by molar-refractivity contribution is 9.10. The Morgan fingerprint density at radius 2 is 2.18 bits per heavy atom. The smallest absolute Gasteiger partial charge is 0.213 e. The Labute approximate surface area is 106 Å². The van der Waals surface area contributed by atoms with Crippen molar-refractivity contribution in [2.24, 2.45) is 7.05 Å². The standard InChI is InChI=1S/C11H9BrFN3O/c1-6-3-4-7(5-8(6)13)10(17)9-11(12)14-15-16(9)2/h3-5H,1-2H3. The lowest BCUT2D eigenvalue weighted by Gasteiger charge is -2.03. The van der Waals surface area contributed by atoms with E-state index in [4.69, 9.17) is 0 Å². The first-order valence-electron chi connectivity index (χ1n) is 4.86. The number of aryl methyl sites for hydroxylation is 2. The van der Waals surface area contributed by atoms with Crippen LogP contribution < -0.4 is 0 Å². The Balaban J connectivity index is 2.48. The number of halogens is 2. The highest BCUT2D eigenvalue weighted by Crippen LogP contribution is 2.18. The van der Waals surface area contributed by atoms with E-state index < -0.39 is 5.82 Å². The third kappa shape index (κ3) is 2.12. The van der Waals surface area contributed by atoms with Crippen molar-refractivity contribution in [1.82, 2.24) is 15.0 Å². The van der Waals surface area contributed by atoms with Crippen LogP contribution in [0.15, 0.2) is 22.8 Å². The van der Waals surface area contributed by atoms with Crippen LogP contribution in [0.3, 0.4) is 0 Å². The highest BCUT2D eigenvalue weighted by Gasteiger charge is 2.19. The van der Waals surface area contributed by atoms with Gasteiger partial charge in [-0.25, -0.2) is 9.07 Å². The molecule has 4 nitrogen and oxygen atoms in total. The normalized spacial score (nSPS) is 10.6. The Kier molecular flexibility index (Phi) is 3.06. The second kappa shape index (κ2) is 4.37. The van der Waals surface area contributed by atoms with Crippen LogP contribution >= 0.6 is 15.9 Å². The van der Waals surface area contributed by atoms with Crippen molar-refractivity contribution in [3.63, 3.8) is 0 Å². The molecule has 0 aliphatic heterocycles. The second-order valence-electron chi connectivity index (χ2n) is 3.65. The van der Waals surface area contributed by atoms with E-state index in [9.17, 15) is 9.18 Å². The fraction of sp³-hybridized carbons (Fsp3) is 0.182. The average Bonchev–Trinajstić information content (AvgIpc) is 2.62. The molecule has 0 radical (unpaired) electrons. The minimum Gasteiger partial charge on any atom is -0.287 e. The monoisotopic (exact) mass is 297 g/mol. The molecule has 88 valence electrons. The maximum Gasteiger partial charge on any atom is 0.213 e. The number of carbonyl (C=O) groups is 1. The van der Waals surface area contributed by atoms with Crippen LogP contribution in [0.2, 0.25) is 0 Å². The van der Waals surface area contributed by atoms with Gasteiger partial charge in [-0.3, -0.25) is 4.79 Å². The maximum atomic E-state index is 13.4. The zero-order valence-corrected chi connectivity index (χ0v) is 10.8. The van der Waals surface area contributed by atoms with Gasteiger partial charge in [0, 0.05) is 12.6 Å². The van der Waals surface area contributed by atoms with E-state index in [-0.39, 0.29) is 11.3 Å². The second-order valence-corrected chi connectivity index (χ2v) is 4.40. The lowest BCUT2D eigenvalue weighted by Crippen LogP contribution is -2.09. The van der Waals surface area contributed by atoms with Crippen molar-refractivity contribution >= 4 is 21.7 Å². The molecule has 1 aromatic heterocycles. The van der Waals surface area contributed by atoms with Crippen molar-refractivity contribution in [3.05, 3.63) is 45.4 Å². The number of carbonyl (C=O) groups excluding carboxylic acids is 1. The molecular formula is C11H9BrFN3O. The number of aromatic nitrogens is 3. The van der Waals surface area contributed by atoms with Gasteiger partial charge in [-0.15, -0.1) is 5.10 Å². The van der Waals surface area contributed by atoms with E-state index in [0.29, 0.717) is 15.9 Å². The number of hydrogen-bond acceptors (Lipinski definition) is 3. The van der Waals surface area contributed by atoms with Gasteiger partial charge in [0.05, 0.1) is 0 Å². The van der Waals surface area contributed by atoms with Crippen LogP contribution in [0.5, 0.6) is 0 Å². The Hall–Kier alpha value is -1.56. The average molecular weight is 298 g/mol. The minimum atomic E-state index is -0.401. The minimum absolute atomic E-state index is 0.277. The number of benzene rings is 1. The summed E-state index contributed by atoms with van der Waals surface area (Å²) in [5.41, 5.74) is 1.08. The molecule has 2 rings (SSSR count). The zero-order valence-electron chi connectivity index (χ0n) is 9.24. The van der Waals surface area contributed by atoms with Crippen LogP contribution in [0, 0.1) is 12.7 Å². The molecule has 0 unspecified atom stereocenters. The van der Waals surface area contributed by atoms with Gasteiger partial charge in [-0.05, 0) is 34.5 Å². The Morgan fingerprint density at radius 3 is 2.71 bits per heavy atom. The molecule has 17 heavy (non-hydrogen) atoms. The van der Waals surface area contributed by atoms with Crippen molar-refractivity contribution in [3.8, 4) is 0 Å². The molecule has 0 aliphatic carbocycles. The van der Waals surface area contributed by atoms with Gasteiger partial charge < -0.3 is 0 Å². The van der Waals surface area contributed by atoms with Crippen molar-refractivity contribution in [1.29, 1.82) is 0 Å². The van der Waals surface area contributed by atoms with Gasteiger partial charge in [-0.1, -0.05) is 17.3 Å². The van der Waals surface area contributed by atoms with Gasteiger partial charge in [0.15, 0.2) is 4.60 Å². The Bertz CT molecular complexity index is 575. The number of ketones is 1. The lowest BCUT2D eigenvalue weighted by atomic mass is 10.1. The SMILES string of the molecule is Cc1ccc(C(=O)c2c(Br)nnn2C)cc1F. The number of nitrogens with zero attached hydrogens (tertiary/aromatic N) is 3. The molecule has 0 atom stereocenters. The molecule has 0 spiro atoms. The van der Waals surface area contributed by atoms with Gasteiger partial charge in [0.2, 0.25) is 5.78 Å². The topological polar surface area (TPSA) is 47.8 Å². The Morgan fingerprint density at radius 1 is 1.47 bits per heavy atom. The summed E-state index contributed by atoms with van der Waals surface area (Å²) < 4.78 is 15.1. The maximum absolute atomic E-state index is 13.4. The molecule has 1 aromatic carbocycles. The predicted molar refractivity (Wildman–Crippen MR) is 63.3 cm³/mol. The third-order valence-electron chi connectivity index (χ3n) is 2.43. The summed E-state index contributed by atoms with van der Waals surface area (Å²) in [6, 6.07) is 4.37. The van der Waals surface area contributed by atoms with E-state index in [2.05, 4.69) is 26.2 Å². The number of rotatable bonds is 2. The van der Waals surface area contributed by atoms with Crippen LogP contribution in [0.4, 0.5) is 4.39 Å². The first-order chi connectivity index (χ1) is 8.00. The summed E-state index contributed by atoms with van der Waals surface area (Å²) in [6.07, 6.45) is 0. The van der Waals surface area contributed by atoms with E-state index in [1.807, 2.05) is 0 Å². The van der Waals surface area contributed by atoms with Crippen molar-refractivity contribution in [2.75, 3.05) is 0 Å². The van der Waals surface area contributed by atoms with Crippen LogP contribution in [0.1, 0.15) is 21.6 Å². The third-order valence-corrected chi connectivity index (χ3v) is 2.97. The highest BCUT2D eigenvalue weighted by atomic mass is 79.9. The summed E-state index contributed by atoms with van der Waals surface area (Å²) in [5.74, 6) is -0.717. The summed E-state index contributed by atoms with van der Waals surface area (Å²) in [7, 11) is 1.61. The molecule has 0 N–H and O–H groups in total. The molecule has 0 fully saturated rings. The van der Waals surface area contributed by atoms with E-state index in [1.54, 1.807) is 26.1 Å². The lowest BCUT2D eigenvalue weighted by molar-refractivity contribution is 0.102. The first kappa shape index (κ1) is 11.9. The van der Waals surface area contributed by atoms with E-state index >= 15 is 0 Å². The summed E-state index contributed by atoms with van der Waals surface area (Å²) >= 11 is 3.14. The van der Waals surface area contributed by atoms with E-state index in [0.717, 1.165) is 0 Å². The van der Waals surface area contributed by atoms with Crippen molar-refractivity contribution in [2.45, 2.75) is 6.92 Å². The zero-order chi connectivity index (χ0) is 12.6. The first-order valence-corrected chi connectivity index (χ1v) is 5.66. The number of hydrogen-bond donors (Lipinski definition) is 0. The summed E-state index contributed by atoms with van der Waals surface area (Å²) in [6.45, 7) is 1.64. The molecule has 1 heterocycles. The molecule has 0 saturated heterocycles. The van der Waals surface area contributed by atoms with Gasteiger partial charge in [0.1, 0.15) is 11.5 Å². The summed E-state index contributed by atoms with van der Waals surface area (Å²) in [4.78, 5) is 12.1. The van der Waals surface area contributed by atoms with Crippen molar-refractivity contribution < 1.29 is 9.18 Å². The molecule has 0 aliphatic rings. The fourth-order valence-corrected chi connectivity index (χ4v) is 1.95. The van der Waals surface area contributed by atoms with Crippen LogP contribution in [0.25, 0.3) is 0 Å². The quantitative estimate of drug-likeness (QED) is 0.799. The van der Waals surface area contributed by atoms with E-state index in [1.165, 1.54) is 10.7 Å². The molecule has 0 amide bonds. The largest absolute Gasteiger partial charge is 0.287 e. The fourth-order valence-electron chi connectivity index (χ4n) is 1.44. The van der Waals surface area contributed by atoms with Crippen LogP contribution in [-0.4, -0.2) is 20.8 Å².